The number of cyclic esters (lactones) is 1. The molecule has 1 aliphatic rings. The van der Waals surface area contributed by atoms with E-state index in [-0.39, 0.29) is 5.97 Å². The maximum Gasteiger partial charge on any atom is 0.347 e. The van der Waals surface area contributed by atoms with E-state index in [1.807, 2.05) is 19.1 Å². The Morgan fingerprint density at radius 3 is 2.88 bits per heavy atom. The molecular weight excluding hydrogens is 220 g/mol. The molecule has 0 saturated carbocycles. The van der Waals surface area contributed by atoms with Gasteiger partial charge in [0.2, 0.25) is 0 Å². The van der Waals surface area contributed by atoms with Crippen LogP contribution >= 0.6 is 0 Å². The quantitative estimate of drug-likeness (QED) is 0.812. The van der Waals surface area contributed by atoms with Gasteiger partial charge in [-0.3, -0.25) is 0 Å². The van der Waals surface area contributed by atoms with E-state index in [1.165, 1.54) is 0 Å². The Hall–Kier alpha value is -1.55. The second-order valence-electron chi connectivity index (χ2n) is 4.28. The molecule has 1 heterocycles. The SMILES string of the molecule is Cc1ccc(OC2CCOC2=O)c([C@H](C)O)c1. The summed E-state index contributed by atoms with van der Waals surface area (Å²) in [5.41, 5.74) is 1.74. The topological polar surface area (TPSA) is 55.8 Å². The van der Waals surface area contributed by atoms with Crippen LogP contribution in [0.5, 0.6) is 5.75 Å². The van der Waals surface area contributed by atoms with Gasteiger partial charge in [-0.05, 0) is 26.0 Å². The third kappa shape index (κ3) is 2.58. The summed E-state index contributed by atoms with van der Waals surface area (Å²) in [4.78, 5) is 11.3. The third-order valence-electron chi connectivity index (χ3n) is 2.77. The number of esters is 1. The zero-order chi connectivity index (χ0) is 12.4. The lowest BCUT2D eigenvalue weighted by Crippen LogP contribution is -2.22. The lowest BCUT2D eigenvalue weighted by molar-refractivity contribution is -0.143. The van der Waals surface area contributed by atoms with Crippen LogP contribution in [0.4, 0.5) is 0 Å². The predicted octanol–water partition coefficient (Wildman–Crippen LogP) is 1.74. The van der Waals surface area contributed by atoms with Gasteiger partial charge in [0.15, 0.2) is 6.10 Å². The first kappa shape index (κ1) is 11.9. The molecule has 0 aromatic heterocycles. The minimum Gasteiger partial charge on any atom is -0.478 e. The van der Waals surface area contributed by atoms with Crippen molar-refractivity contribution in [2.45, 2.75) is 32.5 Å². The summed E-state index contributed by atoms with van der Waals surface area (Å²) in [5, 5.41) is 9.67. The average molecular weight is 236 g/mol. The molecule has 1 saturated heterocycles. The fraction of sp³-hybridized carbons (Fsp3) is 0.462. The minimum atomic E-state index is -0.623. The Kier molecular flexibility index (Phi) is 3.33. The normalized spacial score (nSPS) is 21.1. The summed E-state index contributed by atoms with van der Waals surface area (Å²) in [5.74, 6) is 0.219. The van der Waals surface area contributed by atoms with Crippen molar-refractivity contribution < 1.29 is 19.4 Å². The molecule has 1 N–H and O–H groups in total. The van der Waals surface area contributed by atoms with Crippen molar-refractivity contribution in [3.05, 3.63) is 29.3 Å². The van der Waals surface area contributed by atoms with Gasteiger partial charge in [0, 0.05) is 12.0 Å². The maximum atomic E-state index is 11.3. The first-order chi connectivity index (χ1) is 8.08. The van der Waals surface area contributed by atoms with E-state index >= 15 is 0 Å². The van der Waals surface area contributed by atoms with Gasteiger partial charge in [-0.15, -0.1) is 0 Å². The summed E-state index contributed by atoms with van der Waals surface area (Å²) in [6, 6.07) is 5.53. The predicted molar refractivity (Wildman–Crippen MR) is 61.8 cm³/mol. The number of ether oxygens (including phenoxy) is 2. The largest absolute Gasteiger partial charge is 0.478 e. The molecule has 2 atom stereocenters. The second kappa shape index (κ2) is 4.75. The standard InChI is InChI=1S/C13H16O4/c1-8-3-4-11(10(7-8)9(2)14)17-12-5-6-16-13(12)15/h3-4,7,9,12,14H,5-6H2,1-2H3/t9-,12?/m0/s1. The Morgan fingerprint density at radius 2 is 2.29 bits per heavy atom. The maximum absolute atomic E-state index is 11.3. The number of aryl methyl sites for hydroxylation is 1. The van der Waals surface area contributed by atoms with E-state index in [2.05, 4.69) is 0 Å². The number of benzene rings is 1. The zero-order valence-electron chi connectivity index (χ0n) is 9.97. The van der Waals surface area contributed by atoms with E-state index in [4.69, 9.17) is 9.47 Å². The van der Waals surface area contributed by atoms with Crippen LogP contribution < -0.4 is 4.74 Å². The molecule has 0 bridgehead atoms. The molecule has 1 fully saturated rings. The van der Waals surface area contributed by atoms with Crippen LogP contribution in [0.1, 0.15) is 30.6 Å². The highest BCUT2D eigenvalue weighted by Gasteiger charge is 2.29. The fourth-order valence-corrected chi connectivity index (χ4v) is 1.84. The van der Waals surface area contributed by atoms with Crippen LogP contribution in [0.2, 0.25) is 0 Å². The summed E-state index contributed by atoms with van der Waals surface area (Å²) < 4.78 is 10.4. The van der Waals surface area contributed by atoms with Gasteiger partial charge in [-0.25, -0.2) is 4.79 Å². The van der Waals surface area contributed by atoms with E-state index in [0.717, 1.165) is 5.56 Å². The molecule has 4 heteroatoms. The van der Waals surface area contributed by atoms with E-state index in [1.54, 1.807) is 13.0 Å². The van der Waals surface area contributed by atoms with Gasteiger partial charge in [0.1, 0.15) is 5.75 Å². The Balaban J connectivity index is 2.22. The monoisotopic (exact) mass is 236 g/mol. The molecule has 1 aromatic rings. The van der Waals surface area contributed by atoms with Gasteiger partial charge >= 0.3 is 5.97 Å². The molecule has 0 aliphatic carbocycles. The molecule has 4 nitrogen and oxygen atoms in total. The zero-order valence-corrected chi connectivity index (χ0v) is 9.97. The van der Waals surface area contributed by atoms with E-state index in [9.17, 15) is 9.90 Å². The van der Waals surface area contributed by atoms with Crippen LogP contribution in [-0.4, -0.2) is 23.8 Å². The Labute approximate surface area is 100 Å². The van der Waals surface area contributed by atoms with Gasteiger partial charge < -0.3 is 14.6 Å². The summed E-state index contributed by atoms with van der Waals surface area (Å²) in [6.45, 7) is 4.02. The van der Waals surface area contributed by atoms with E-state index in [0.29, 0.717) is 24.3 Å². The van der Waals surface area contributed by atoms with Crippen LogP contribution in [0.25, 0.3) is 0 Å². The second-order valence-corrected chi connectivity index (χ2v) is 4.28. The molecule has 1 aliphatic heterocycles. The highest BCUT2D eigenvalue weighted by atomic mass is 16.6. The highest BCUT2D eigenvalue weighted by Crippen LogP contribution is 2.28. The van der Waals surface area contributed by atoms with Crippen molar-refractivity contribution >= 4 is 5.97 Å². The summed E-state index contributed by atoms with van der Waals surface area (Å²) >= 11 is 0. The molecule has 92 valence electrons. The number of aliphatic hydroxyl groups is 1. The lowest BCUT2D eigenvalue weighted by Gasteiger charge is -2.16. The molecule has 1 unspecified atom stereocenters. The van der Waals surface area contributed by atoms with Crippen molar-refractivity contribution in [3.63, 3.8) is 0 Å². The molecule has 0 amide bonds. The molecule has 0 spiro atoms. The number of carbonyl (C=O) groups is 1. The smallest absolute Gasteiger partial charge is 0.347 e. The average Bonchev–Trinajstić information content (AvgIpc) is 2.67. The van der Waals surface area contributed by atoms with Gasteiger partial charge in [-0.2, -0.15) is 0 Å². The van der Waals surface area contributed by atoms with Crippen LogP contribution in [0, 0.1) is 6.92 Å². The van der Waals surface area contributed by atoms with Crippen molar-refractivity contribution in [2.24, 2.45) is 0 Å². The lowest BCUT2D eigenvalue weighted by atomic mass is 10.1. The van der Waals surface area contributed by atoms with Gasteiger partial charge in [-0.1, -0.05) is 11.6 Å². The van der Waals surface area contributed by atoms with Crippen LogP contribution in [0.15, 0.2) is 18.2 Å². The first-order valence-corrected chi connectivity index (χ1v) is 5.70. The third-order valence-corrected chi connectivity index (χ3v) is 2.77. The van der Waals surface area contributed by atoms with Crippen molar-refractivity contribution in [1.29, 1.82) is 0 Å². The molecule has 2 rings (SSSR count). The Bertz CT molecular complexity index is 425. The fourth-order valence-electron chi connectivity index (χ4n) is 1.84. The van der Waals surface area contributed by atoms with Gasteiger partial charge in [0.25, 0.3) is 0 Å². The number of aliphatic hydroxyl groups excluding tert-OH is 1. The van der Waals surface area contributed by atoms with Crippen molar-refractivity contribution in [2.75, 3.05) is 6.61 Å². The van der Waals surface area contributed by atoms with Crippen LogP contribution in [0.3, 0.4) is 0 Å². The highest BCUT2D eigenvalue weighted by molar-refractivity contribution is 5.76. The molecule has 1 aromatic carbocycles. The number of carbonyl (C=O) groups excluding carboxylic acids is 1. The summed E-state index contributed by atoms with van der Waals surface area (Å²) in [6.07, 6.45) is -0.607. The molecule has 0 radical (unpaired) electrons. The number of rotatable bonds is 3. The molecular formula is C13H16O4. The first-order valence-electron chi connectivity index (χ1n) is 5.70. The van der Waals surface area contributed by atoms with Crippen LogP contribution in [-0.2, 0) is 9.53 Å². The Morgan fingerprint density at radius 1 is 1.53 bits per heavy atom. The van der Waals surface area contributed by atoms with Crippen molar-refractivity contribution in [3.8, 4) is 5.75 Å². The van der Waals surface area contributed by atoms with Crippen molar-refractivity contribution in [1.82, 2.24) is 0 Å². The number of hydrogen-bond acceptors (Lipinski definition) is 4. The van der Waals surface area contributed by atoms with E-state index < -0.39 is 12.2 Å². The minimum absolute atomic E-state index is 0.331. The summed E-state index contributed by atoms with van der Waals surface area (Å²) in [7, 11) is 0. The molecule has 17 heavy (non-hydrogen) atoms. The van der Waals surface area contributed by atoms with Gasteiger partial charge in [0.05, 0.1) is 12.7 Å². The number of hydrogen-bond donors (Lipinski definition) is 1.